The van der Waals surface area contributed by atoms with Crippen molar-refractivity contribution >= 4 is 17.9 Å². The van der Waals surface area contributed by atoms with Gasteiger partial charge in [-0.3, -0.25) is 4.79 Å². The molecular formula is C14H17FN4O2. The molecule has 2 N–H and O–H groups in total. The van der Waals surface area contributed by atoms with Gasteiger partial charge in [0.1, 0.15) is 19.0 Å². The predicted molar refractivity (Wildman–Crippen MR) is 77.6 cm³/mol. The van der Waals surface area contributed by atoms with Crippen LogP contribution in [0, 0.1) is 11.3 Å². The summed E-state index contributed by atoms with van der Waals surface area (Å²) in [6.07, 6.45) is 0.340. The van der Waals surface area contributed by atoms with E-state index in [1.807, 2.05) is 6.07 Å². The van der Waals surface area contributed by atoms with E-state index in [9.17, 15) is 9.18 Å². The first-order valence-corrected chi connectivity index (χ1v) is 6.35. The Morgan fingerprint density at radius 1 is 1.57 bits per heavy atom. The molecule has 112 valence electrons. The fourth-order valence-corrected chi connectivity index (χ4v) is 1.74. The number of anilines is 1. The summed E-state index contributed by atoms with van der Waals surface area (Å²) < 4.78 is 17.8. The number of hydrazone groups is 1. The van der Waals surface area contributed by atoms with E-state index in [4.69, 9.17) is 5.26 Å². The van der Waals surface area contributed by atoms with Crippen molar-refractivity contribution in [2.45, 2.75) is 13.1 Å². The molecule has 0 spiro atoms. The molecule has 7 heteroatoms. The lowest BCUT2D eigenvalue weighted by Crippen LogP contribution is -2.15. The molecule has 21 heavy (non-hydrogen) atoms. The highest BCUT2D eigenvalue weighted by molar-refractivity contribution is 6.02. The van der Waals surface area contributed by atoms with Crippen LogP contribution in [-0.4, -0.2) is 32.4 Å². The molecule has 0 bridgehead atoms. The van der Waals surface area contributed by atoms with Gasteiger partial charge in [-0.25, -0.2) is 4.39 Å². The largest absolute Gasteiger partial charge is 0.461 e. The van der Waals surface area contributed by atoms with Gasteiger partial charge in [-0.1, -0.05) is 6.07 Å². The van der Waals surface area contributed by atoms with Gasteiger partial charge >= 0.3 is 0 Å². The lowest BCUT2D eigenvalue weighted by Gasteiger charge is -2.12. The number of alkyl halides is 1. The summed E-state index contributed by atoms with van der Waals surface area (Å²) in [5.41, 5.74) is 4.86. The Bertz CT molecular complexity index is 540. The Labute approximate surface area is 122 Å². The van der Waals surface area contributed by atoms with Crippen LogP contribution in [-0.2, 0) is 16.2 Å². The number of hydrogen-bond acceptors (Lipinski definition) is 6. The number of carbonyl (C=O) groups excluding carboxylic acids is 1. The summed E-state index contributed by atoms with van der Waals surface area (Å²) in [4.78, 5) is 10.3. The molecule has 0 heterocycles. The highest BCUT2D eigenvalue weighted by Gasteiger charge is 2.09. The first-order valence-electron chi connectivity index (χ1n) is 6.35. The number of halogens is 1. The van der Waals surface area contributed by atoms with Gasteiger partial charge in [0, 0.05) is 30.4 Å². The third-order valence-electron chi connectivity index (χ3n) is 2.67. The summed E-state index contributed by atoms with van der Waals surface area (Å²) in [5, 5.41) is 15.5. The minimum atomic E-state index is -0.649. The number of nitriles is 1. The van der Waals surface area contributed by atoms with Crippen LogP contribution in [0.4, 0.5) is 10.1 Å². The van der Waals surface area contributed by atoms with Crippen LogP contribution in [0.25, 0.3) is 0 Å². The molecule has 0 unspecified atom stereocenters. The maximum atomic E-state index is 13.1. The zero-order chi connectivity index (χ0) is 15.5. The van der Waals surface area contributed by atoms with Gasteiger partial charge in [-0.2, -0.15) is 10.4 Å². The van der Waals surface area contributed by atoms with Crippen molar-refractivity contribution in [2.24, 2.45) is 5.10 Å². The van der Waals surface area contributed by atoms with Crippen LogP contribution in [0.1, 0.15) is 17.5 Å². The maximum Gasteiger partial charge on any atom is 0.293 e. The Morgan fingerprint density at radius 2 is 2.38 bits per heavy atom. The summed E-state index contributed by atoms with van der Waals surface area (Å²) in [6.45, 7) is 0.134. The molecule has 1 aromatic rings. The second kappa shape index (κ2) is 9.31. The Kier molecular flexibility index (Phi) is 7.29. The number of carbonyl (C=O) groups is 1. The SMILES string of the molecule is CN/N=C(\COC=O)c1ccc(NCCC#N)c(CF)c1. The minimum Gasteiger partial charge on any atom is -0.461 e. The highest BCUT2D eigenvalue weighted by Crippen LogP contribution is 2.19. The summed E-state index contributed by atoms with van der Waals surface area (Å²) in [7, 11) is 1.62. The second-order valence-corrected chi connectivity index (χ2v) is 4.03. The van der Waals surface area contributed by atoms with Crippen LogP contribution in [0.3, 0.4) is 0 Å². The summed E-state index contributed by atoms with van der Waals surface area (Å²) in [6, 6.07) is 7.11. The van der Waals surface area contributed by atoms with E-state index in [1.54, 1.807) is 25.2 Å². The topological polar surface area (TPSA) is 86.5 Å². The van der Waals surface area contributed by atoms with E-state index in [-0.39, 0.29) is 6.61 Å². The number of hydrogen-bond donors (Lipinski definition) is 2. The molecule has 6 nitrogen and oxygen atoms in total. The highest BCUT2D eigenvalue weighted by atomic mass is 19.1. The monoisotopic (exact) mass is 292 g/mol. The first-order chi connectivity index (χ1) is 10.3. The van der Waals surface area contributed by atoms with Crippen molar-refractivity contribution in [2.75, 3.05) is 25.5 Å². The fourth-order valence-electron chi connectivity index (χ4n) is 1.74. The van der Waals surface area contributed by atoms with Gasteiger partial charge < -0.3 is 15.5 Å². The van der Waals surface area contributed by atoms with E-state index in [0.717, 1.165) is 0 Å². The van der Waals surface area contributed by atoms with Crippen LogP contribution >= 0.6 is 0 Å². The number of nitrogens with one attached hydrogen (secondary N) is 2. The molecule has 1 aromatic carbocycles. The van der Waals surface area contributed by atoms with Gasteiger partial charge in [0.2, 0.25) is 0 Å². The maximum absolute atomic E-state index is 13.1. The van der Waals surface area contributed by atoms with E-state index in [1.165, 1.54) is 0 Å². The molecule has 0 aliphatic carbocycles. The van der Waals surface area contributed by atoms with Crippen LogP contribution < -0.4 is 10.7 Å². The third-order valence-corrected chi connectivity index (χ3v) is 2.67. The average molecular weight is 292 g/mol. The quantitative estimate of drug-likeness (QED) is 0.312. The van der Waals surface area contributed by atoms with Gasteiger partial charge in [0.05, 0.1) is 12.5 Å². The molecule has 1 rings (SSSR count). The van der Waals surface area contributed by atoms with Crippen molar-refractivity contribution in [1.82, 2.24) is 5.43 Å². The molecule has 0 radical (unpaired) electrons. The van der Waals surface area contributed by atoms with Crippen molar-refractivity contribution in [1.29, 1.82) is 5.26 Å². The number of nitrogens with zero attached hydrogens (tertiary/aromatic N) is 2. The number of rotatable bonds is 9. The van der Waals surface area contributed by atoms with Gasteiger partial charge in [0.25, 0.3) is 6.47 Å². The zero-order valence-electron chi connectivity index (χ0n) is 11.7. The Morgan fingerprint density at radius 3 is 3.00 bits per heavy atom. The molecule has 0 fully saturated rings. The van der Waals surface area contributed by atoms with Gasteiger partial charge in [-0.15, -0.1) is 0 Å². The van der Waals surface area contributed by atoms with Crippen molar-refractivity contribution in [3.63, 3.8) is 0 Å². The van der Waals surface area contributed by atoms with E-state index >= 15 is 0 Å². The van der Waals surface area contributed by atoms with Crippen LogP contribution in [0.2, 0.25) is 0 Å². The number of ether oxygens (including phenoxy) is 1. The van der Waals surface area contributed by atoms with Gasteiger partial charge in [-0.05, 0) is 12.1 Å². The fraction of sp³-hybridized carbons (Fsp3) is 0.357. The van der Waals surface area contributed by atoms with Crippen molar-refractivity contribution in [3.8, 4) is 6.07 Å². The second-order valence-electron chi connectivity index (χ2n) is 4.03. The Balaban J connectivity index is 2.95. The van der Waals surface area contributed by atoms with Crippen molar-refractivity contribution in [3.05, 3.63) is 29.3 Å². The predicted octanol–water partition coefficient (Wildman–Crippen LogP) is 1.58. The van der Waals surface area contributed by atoms with Crippen LogP contribution in [0.15, 0.2) is 23.3 Å². The molecule has 0 aliphatic rings. The first kappa shape index (κ1) is 16.4. The average Bonchev–Trinajstić information content (AvgIpc) is 2.52. The Hall–Kier alpha value is -2.62. The molecule has 0 aliphatic heterocycles. The van der Waals surface area contributed by atoms with Crippen molar-refractivity contribution < 1.29 is 13.9 Å². The van der Waals surface area contributed by atoms with E-state index in [0.29, 0.717) is 42.0 Å². The molecule has 0 saturated carbocycles. The normalized spacial score (nSPS) is 10.6. The number of benzene rings is 1. The molecule has 0 aromatic heterocycles. The van der Waals surface area contributed by atoms with E-state index < -0.39 is 6.67 Å². The summed E-state index contributed by atoms with van der Waals surface area (Å²) >= 11 is 0. The van der Waals surface area contributed by atoms with E-state index in [2.05, 4.69) is 20.6 Å². The molecule has 0 atom stereocenters. The molecular weight excluding hydrogens is 275 g/mol. The smallest absolute Gasteiger partial charge is 0.293 e. The molecule has 0 saturated heterocycles. The zero-order valence-corrected chi connectivity index (χ0v) is 11.7. The van der Waals surface area contributed by atoms with Crippen LogP contribution in [0.5, 0.6) is 0 Å². The lowest BCUT2D eigenvalue weighted by molar-refractivity contribution is -0.127. The third kappa shape index (κ3) is 5.10. The lowest BCUT2D eigenvalue weighted by atomic mass is 10.1. The molecule has 0 amide bonds. The van der Waals surface area contributed by atoms with Gasteiger partial charge in [0.15, 0.2) is 0 Å². The minimum absolute atomic E-state index is 0.00271. The standard InChI is InChI=1S/C14H17FN4O2/c1-17-19-14(9-21-10-20)11-3-4-13(12(7-11)8-15)18-6-2-5-16/h3-4,7,10,17-18H,2,6,8-9H2,1H3/b19-14+. The summed E-state index contributed by atoms with van der Waals surface area (Å²) in [5.74, 6) is 0.